The number of amides is 1. The lowest BCUT2D eigenvalue weighted by molar-refractivity contribution is -0.111. The molecule has 0 aliphatic rings. The quantitative estimate of drug-likeness (QED) is 0.429. The van der Waals surface area contributed by atoms with E-state index < -0.39 is 5.82 Å². The predicted molar refractivity (Wildman–Crippen MR) is 116 cm³/mol. The van der Waals surface area contributed by atoms with E-state index in [-0.39, 0.29) is 21.6 Å². The number of carbonyl (C=O) groups is 1. The molecule has 150 valence electrons. The average Bonchev–Trinajstić information content (AvgIpc) is 2.66. The van der Waals surface area contributed by atoms with Crippen molar-refractivity contribution in [3.63, 3.8) is 0 Å². The summed E-state index contributed by atoms with van der Waals surface area (Å²) in [5.41, 5.74) is 1.31. The van der Waals surface area contributed by atoms with Crippen molar-refractivity contribution in [3.8, 4) is 0 Å². The molecule has 3 rings (SSSR count). The summed E-state index contributed by atoms with van der Waals surface area (Å²) in [7, 11) is 3.83. The van der Waals surface area contributed by atoms with E-state index in [2.05, 4.69) is 20.6 Å². The molecule has 9 heteroatoms. The van der Waals surface area contributed by atoms with Crippen molar-refractivity contribution >= 4 is 57.2 Å². The van der Waals surface area contributed by atoms with E-state index in [4.69, 9.17) is 23.2 Å². The van der Waals surface area contributed by atoms with Crippen LogP contribution in [0.1, 0.15) is 0 Å². The van der Waals surface area contributed by atoms with E-state index in [9.17, 15) is 9.18 Å². The Morgan fingerprint density at radius 3 is 2.69 bits per heavy atom. The van der Waals surface area contributed by atoms with Crippen LogP contribution in [0.15, 0.2) is 48.8 Å². The Morgan fingerprint density at radius 1 is 1.17 bits per heavy atom. The summed E-state index contributed by atoms with van der Waals surface area (Å²) in [5.74, 6) is -0.457. The Bertz CT molecular complexity index is 1090. The highest BCUT2D eigenvalue weighted by molar-refractivity contribution is 6.42. The van der Waals surface area contributed by atoms with Crippen LogP contribution in [-0.2, 0) is 4.79 Å². The first-order valence-electron chi connectivity index (χ1n) is 8.62. The van der Waals surface area contributed by atoms with Crippen LogP contribution in [0.2, 0.25) is 10.0 Å². The van der Waals surface area contributed by atoms with Gasteiger partial charge >= 0.3 is 0 Å². The number of anilines is 3. The number of fused-ring (bicyclic) bond motifs is 1. The molecule has 1 aromatic heterocycles. The normalized spacial score (nSPS) is 11.4. The summed E-state index contributed by atoms with van der Waals surface area (Å²) in [6, 6.07) is 7.70. The molecule has 0 spiro atoms. The first-order valence-corrected chi connectivity index (χ1v) is 9.37. The van der Waals surface area contributed by atoms with Crippen LogP contribution in [0.25, 0.3) is 10.9 Å². The Labute approximate surface area is 177 Å². The number of aromatic nitrogens is 2. The zero-order valence-corrected chi connectivity index (χ0v) is 17.2. The maximum Gasteiger partial charge on any atom is 0.248 e. The topological polar surface area (TPSA) is 70.2 Å². The molecule has 0 saturated heterocycles. The minimum Gasteiger partial charge on any atom is -0.337 e. The predicted octanol–water partition coefficient (Wildman–Crippen LogP) is 4.88. The molecule has 2 aromatic carbocycles. The number of hydrogen-bond acceptors (Lipinski definition) is 5. The largest absolute Gasteiger partial charge is 0.337 e. The Hall–Kier alpha value is -2.74. The highest BCUT2D eigenvalue weighted by Gasteiger charge is 2.11. The SMILES string of the molecule is CN([11CH3])C/C=C/C(=O)Nc1ccc2ncnc(Nc3cc(Cl)c(Cl)cc3F)c2c1. The van der Waals surface area contributed by atoms with Gasteiger partial charge in [0, 0.05) is 23.7 Å². The molecule has 0 aliphatic carbocycles. The number of carbonyl (C=O) groups excluding carboxylic acids is 1. The minimum atomic E-state index is -0.568. The molecule has 1 amide bonds. The molecule has 0 saturated carbocycles. The van der Waals surface area contributed by atoms with Gasteiger partial charge in [0.15, 0.2) is 0 Å². The summed E-state index contributed by atoms with van der Waals surface area (Å²) in [5, 5.41) is 6.63. The summed E-state index contributed by atoms with van der Waals surface area (Å²) >= 11 is 11.8. The fourth-order valence-corrected chi connectivity index (χ4v) is 2.85. The molecular weight excluding hydrogens is 415 g/mol. The van der Waals surface area contributed by atoms with Gasteiger partial charge in [-0.25, -0.2) is 14.4 Å². The third-order valence-corrected chi connectivity index (χ3v) is 4.63. The molecule has 0 aliphatic heterocycles. The lowest BCUT2D eigenvalue weighted by Gasteiger charge is -2.11. The number of nitrogens with zero attached hydrogens (tertiary/aromatic N) is 3. The Kier molecular flexibility index (Phi) is 6.64. The van der Waals surface area contributed by atoms with E-state index in [0.29, 0.717) is 29.0 Å². The van der Waals surface area contributed by atoms with Crippen LogP contribution in [-0.4, -0.2) is 41.4 Å². The zero-order valence-electron chi connectivity index (χ0n) is 15.7. The molecular formula is C20H18Cl2FN5O. The van der Waals surface area contributed by atoms with E-state index in [0.717, 1.165) is 6.07 Å². The van der Waals surface area contributed by atoms with Crippen molar-refractivity contribution in [3.05, 3.63) is 64.7 Å². The third-order valence-electron chi connectivity index (χ3n) is 3.91. The number of nitrogens with one attached hydrogen (secondary N) is 2. The smallest absolute Gasteiger partial charge is 0.248 e. The van der Waals surface area contributed by atoms with E-state index in [1.165, 1.54) is 18.5 Å². The molecule has 0 unspecified atom stereocenters. The third kappa shape index (κ3) is 5.41. The van der Waals surface area contributed by atoms with Gasteiger partial charge in [-0.2, -0.15) is 0 Å². The molecule has 0 radical (unpaired) electrons. The van der Waals surface area contributed by atoms with Gasteiger partial charge in [0.2, 0.25) is 5.91 Å². The van der Waals surface area contributed by atoms with E-state index in [1.54, 1.807) is 24.3 Å². The lowest BCUT2D eigenvalue weighted by atomic mass is 10.2. The van der Waals surface area contributed by atoms with Crippen molar-refractivity contribution < 1.29 is 9.18 Å². The Balaban J connectivity index is 1.88. The van der Waals surface area contributed by atoms with Gasteiger partial charge in [0.05, 0.1) is 21.2 Å². The minimum absolute atomic E-state index is 0.120. The van der Waals surface area contributed by atoms with Gasteiger partial charge in [0.25, 0.3) is 0 Å². The molecule has 3 aromatic rings. The zero-order chi connectivity index (χ0) is 21.0. The number of benzene rings is 2. The van der Waals surface area contributed by atoms with Crippen molar-refractivity contribution in [2.45, 2.75) is 0 Å². The molecule has 29 heavy (non-hydrogen) atoms. The van der Waals surface area contributed by atoms with Crippen molar-refractivity contribution in [1.82, 2.24) is 14.9 Å². The number of hydrogen-bond donors (Lipinski definition) is 2. The fraction of sp³-hybridized carbons (Fsp3) is 0.150. The summed E-state index contributed by atoms with van der Waals surface area (Å²) in [6.07, 6.45) is 4.60. The molecule has 2 N–H and O–H groups in total. The maximum absolute atomic E-state index is 14.2. The standard InChI is InChI=1S/C20H18Cl2FN5O/c1-28(2)7-3-4-19(29)26-12-5-6-17-13(8-12)20(25-11-24-17)27-18-10-15(22)14(21)9-16(18)23/h3-6,8-11H,7H2,1-2H3,(H,26,29)(H,24,25,27)/b4-3+/i1-1. The summed E-state index contributed by atoms with van der Waals surface area (Å²) in [4.78, 5) is 22.4. The molecule has 0 atom stereocenters. The second-order valence-electron chi connectivity index (χ2n) is 6.48. The van der Waals surface area contributed by atoms with Crippen LogP contribution >= 0.6 is 23.2 Å². The van der Waals surface area contributed by atoms with E-state index in [1.807, 2.05) is 19.0 Å². The molecule has 1 heterocycles. The second-order valence-corrected chi connectivity index (χ2v) is 7.29. The number of likely N-dealkylation sites (N-methyl/N-ethyl adjacent to an activating group) is 1. The fourth-order valence-electron chi connectivity index (χ4n) is 2.53. The lowest BCUT2D eigenvalue weighted by Crippen LogP contribution is -2.13. The van der Waals surface area contributed by atoms with Gasteiger partial charge < -0.3 is 15.5 Å². The average molecular weight is 433 g/mol. The van der Waals surface area contributed by atoms with Gasteiger partial charge in [0.1, 0.15) is 18.0 Å². The highest BCUT2D eigenvalue weighted by Crippen LogP contribution is 2.31. The van der Waals surface area contributed by atoms with Crippen LogP contribution in [0, 0.1) is 5.82 Å². The first-order chi connectivity index (χ1) is 13.8. The van der Waals surface area contributed by atoms with Gasteiger partial charge in [-0.15, -0.1) is 0 Å². The van der Waals surface area contributed by atoms with Crippen molar-refractivity contribution in [2.75, 3.05) is 31.3 Å². The van der Waals surface area contributed by atoms with Crippen molar-refractivity contribution in [1.29, 1.82) is 0 Å². The van der Waals surface area contributed by atoms with Crippen LogP contribution in [0.4, 0.5) is 21.6 Å². The van der Waals surface area contributed by atoms with Crippen molar-refractivity contribution in [2.24, 2.45) is 0 Å². The summed E-state index contributed by atoms with van der Waals surface area (Å²) in [6.45, 7) is 0.655. The van der Waals surface area contributed by atoms with E-state index >= 15 is 0 Å². The molecule has 0 fully saturated rings. The van der Waals surface area contributed by atoms with Gasteiger partial charge in [-0.1, -0.05) is 29.3 Å². The Morgan fingerprint density at radius 2 is 1.93 bits per heavy atom. The second kappa shape index (κ2) is 9.17. The summed E-state index contributed by atoms with van der Waals surface area (Å²) < 4.78 is 14.2. The van der Waals surface area contributed by atoms with Gasteiger partial charge in [-0.3, -0.25) is 4.79 Å². The highest BCUT2D eigenvalue weighted by atomic mass is 35.5. The number of halogens is 3. The van der Waals surface area contributed by atoms with Crippen LogP contribution in [0.3, 0.4) is 0 Å². The maximum atomic E-state index is 14.2. The van der Waals surface area contributed by atoms with Gasteiger partial charge in [-0.05, 0) is 44.4 Å². The van der Waals surface area contributed by atoms with Crippen LogP contribution in [0.5, 0.6) is 0 Å². The molecule has 0 bridgehead atoms. The van der Waals surface area contributed by atoms with Crippen LogP contribution < -0.4 is 10.6 Å². The monoisotopic (exact) mass is 432 g/mol. The number of rotatable bonds is 6. The molecule has 6 nitrogen and oxygen atoms in total. The first kappa shape index (κ1) is 21.0.